The highest BCUT2D eigenvalue weighted by Gasteiger charge is 2.14. The van der Waals surface area contributed by atoms with E-state index in [1.54, 1.807) is 11.0 Å². The molecule has 5 nitrogen and oxygen atoms in total. The van der Waals surface area contributed by atoms with Crippen LogP contribution in [0.5, 0.6) is 0 Å². The largest absolute Gasteiger partial charge is 0.350 e. The Balaban J connectivity index is 2.07. The van der Waals surface area contributed by atoms with Crippen LogP contribution in [0.4, 0.5) is 5.95 Å². The van der Waals surface area contributed by atoms with Crippen LogP contribution in [0.3, 0.4) is 0 Å². The molecule has 0 aliphatic rings. The van der Waals surface area contributed by atoms with Crippen LogP contribution < -0.4 is 5.32 Å². The lowest BCUT2D eigenvalue weighted by molar-refractivity contribution is 0.0787. The number of aryl methyl sites for hydroxylation is 1. The van der Waals surface area contributed by atoms with Crippen molar-refractivity contribution in [2.75, 3.05) is 18.9 Å². The second-order valence-electron chi connectivity index (χ2n) is 5.64. The molecule has 122 valence electrons. The number of anilines is 1. The number of hydrogen-bond acceptors (Lipinski definition) is 4. The zero-order valence-corrected chi connectivity index (χ0v) is 14.0. The second-order valence-corrected chi connectivity index (χ2v) is 5.64. The first-order valence-electron chi connectivity index (χ1n) is 7.99. The van der Waals surface area contributed by atoms with Crippen molar-refractivity contribution in [1.29, 1.82) is 0 Å². The molecule has 1 amide bonds. The van der Waals surface area contributed by atoms with E-state index in [-0.39, 0.29) is 5.91 Å². The third kappa shape index (κ3) is 5.06. The number of carbonyl (C=O) groups excluding carboxylic acids is 1. The molecule has 2 rings (SSSR count). The van der Waals surface area contributed by atoms with E-state index in [0.29, 0.717) is 18.2 Å². The average molecular weight is 312 g/mol. The van der Waals surface area contributed by atoms with E-state index in [0.717, 1.165) is 30.6 Å². The molecule has 0 saturated carbocycles. The standard InChI is InChI=1S/C18H24N4O/c1-4-5-11-22(3)17(23)16-12-14(2)20-18(21-16)19-13-15-9-7-6-8-10-15/h6-10,12H,4-5,11,13H2,1-3H3,(H,19,20,21). The Morgan fingerprint density at radius 3 is 2.65 bits per heavy atom. The maximum atomic E-state index is 12.4. The fourth-order valence-corrected chi connectivity index (χ4v) is 2.23. The predicted octanol–water partition coefficient (Wildman–Crippen LogP) is 3.27. The van der Waals surface area contributed by atoms with Crippen LogP contribution in [-0.2, 0) is 6.54 Å². The zero-order valence-electron chi connectivity index (χ0n) is 14.0. The molecule has 0 fully saturated rings. The van der Waals surface area contributed by atoms with Gasteiger partial charge in [-0.3, -0.25) is 4.79 Å². The minimum Gasteiger partial charge on any atom is -0.350 e. The number of aromatic nitrogens is 2. The van der Waals surface area contributed by atoms with Crippen molar-refractivity contribution in [3.63, 3.8) is 0 Å². The van der Waals surface area contributed by atoms with Crippen molar-refractivity contribution in [3.05, 3.63) is 53.3 Å². The molecule has 0 atom stereocenters. The van der Waals surface area contributed by atoms with Crippen LogP contribution in [-0.4, -0.2) is 34.4 Å². The van der Waals surface area contributed by atoms with Crippen molar-refractivity contribution in [1.82, 2.24) is 14.9 Å². The van der Waals surface area contributed by atoms with Crippen molar-refractivity contribution in [2.45, 2.75) is 33.2 Å². The van der Waals surface area contributed by atoms with E-state index in [2.05, 4.69) is 22.2 Å². The SMILES string of the molecule is CCCCN(C)C(=O)c1cc(C)nc(NCc2ccccc2)n1. The summed E-state index contributed by atoms with van der Waals surface area (Å²) in [6.07, 6.45) is 2.05. The minimum absolute atomic E-state index is 0.0632. The van der Waals surface area contributed by atoms with E-state index in [1.165, 1.54) is 0 Å². The van der Waals surface area contributed by atoms with Gasteiger partial charge in [0.15, 0.2) is 0 Å². The molecule has 0 saturated heterocycles. The highest BCUT2D eigenvalue weighted by atomic mass is 16.2. The summed E-state index contributed by atoms with van der Waals surface area (Å²) < 4.78 is 0. The number of rotatable bonds is 7. The Morgan fingerprint density at radius 1 is 1.22 bits per heavy atom. The first-order valence-corrected chi connectivity index (χ1v) is 7.99. The summed E-state index contributed by atoms with van der Waals surface area (Å²) in [4.78, 5) is 22.9. The molecule has 0 unspecified atom stereocenters. The van der Waals surface area contributed by atoms with E-state index in [4.69, 9.17) is 0 Å². The number of nitrogens with zero attached hydrogens (tertiary/aromatic N) is 3. The quantitative estimate of drug-likeness (QED) is 0.852. The maximum absolute atomic E-state index is 12.4. The third-order valence-electron chi connectivity index (χ3n) is 3.56. The summed E-state index contributed by atoms with van der Waals surface area (Å²) in [6.45, 7) is 5.35. The summed E-state index contributed by atoms with van der Waals surface area (Å²) >= 11 is 0. The fraction of sp³-hybridized carbons (Fsp3) is 0.389. The molecule has 2 aromatic rings. The lowest BCUT2D eigenvalue weighted by atomic mass is 10.2. The lowest BCUT2D eigenvalue weighted by Gasteiger charge is -2.17. The van der Waals surface area contributed by atoms with Gasteiger partial charge in [-0.2, -0.15) is 0 Å². The maximum Gasteiger partial charge on any atom is 0.272 e. The van der Waals surface area contributed by atoms with Gasteiger partial charge in [-0.25, -0.2) is 9.97 Å². The van der Waals surface area contributed by atoms with Gasteiger partial charge in [-0.15, -0.1) is 0 Å². The van der Waals surface area contributed by atoms with Crippen molar-refractivity contribution < 1.29 is 4.79 Å². The van der Waals surface area contributed by atoms with Crippen LogP contribution >= 0.6 is 0 Å². The molecular formula is C18H24N4O. The Hall–Kier alpha value is -2.43. The van der Waals surface area contributed by atoms with Crippen molar-refractivity contribution in [2.24, 2.45) is 0 Å². The number of hydrogen-bond donors (Lipinski definition) is 1. The van der Waals surface area contributed by atoms with Gasteiger partial charge in [-0.05, 0) is 25.0 Å². The van der Waals surface area contributed by atoms with Gasteiger partial charge in [0.05, 0.1) is 0 Å². The molecule has 1 aromatic heterocycles. The van der Waals surface area contributed by atoms with Crippen LogP contribution in [0.2, 0.25) is 0 Å². The van der Waals surface area contributed by atoms with Gasteiger partial charge in [0.2, 0.25) is 5.95 Å². The first-order chi connectivity index (χ1) is 11.1. The molecule has 0 spiro atoms. The van der Waals surface area contributed by atoms with Gasteiger partial charge in [0.25, 0.3) is 5.91 Å². The van der Waals surface area contributed by atoms with Crippen LogP contribution in [0.25, 0.3) is 0 Å². The van der Waals surface area contributed by atoms with Crippen molar-refractivity contribution in [3.8, 4) is 0 Å². The molecule has 0 radical (unpaired) electrons. The number of unbranched alkanes of at least 4 members (excludes halogenated alkanes) is 1. The lowest BCUT2D eigenvalue weighted by Crippen LogP contribution is -2.28. The Labute approximate surface area is 137 Å². The normalized spacial score (nSPS) is 10.4. The number of amides is 1. The molecular weight excluding hydrogens is 288 g/mol. The van der Waals surface area contributed by atoms with Gasteiger partial charge in [0.1, 0.15) is 5.69 Å². The van der Waals surface area contributed by atoms with E-state index < -0.39 is 0 Å². The summed E-state index contributed by atoms with van der Waals surface area (Å²) in [5.74, 6) is 0.424. The number of nitrogens with one attached hydrogen (secondary N) is 1. The number of carbonyl (C=O) groups is 1. The van der Waals surface area contributed by atoms with E-state index in [1.807, 2.05) is 44.3 Å². The minimum atomic E-state index is -0.0632. The Bertz CT molecular complexity index is 643. The van der Waals surface area contributed by atoms with Gasteiger partial charge < -0.3 is 10.2 Å². The average Bonchev–Trinajstić information content (AvgIpc) is 2.57. The molecule has 0 aliphatic heterocycles. The molecule has 1 N–H and O–H groups in total. The van der Waals surface area contributed by atoms with Crippen LogP contribution in [0.15, 0.2) is 36.4 Å². The summed E-state index contributed by atoms with van der Waals surface area (Å²) in [6, 6.07) is 11.8. The van der Waals surface area contributed by atoms with E-state index in [9.17, 15) is 4.79 Å². The number of benzene rings is 1. The monoisotopic (exact) mass is 312 g/mol. The predicted molar refractivity (Wildman–Crippen MR) is 92.4 cm³/mol. The molecule has 0 aliphatic carbocycles. The Morgan fingerprint density at radius 2 is 1.96 bits per heavy atom. The zero-order chi connectivity index (χ0) is 16.7. The molecule has 1 heterocycles. The highest BCUT2D eigenvalue weighted by Crippen LogP contribution is 2.09. The van der Waals surface area contributed by atoms with Gasteiger partial charge in [0, 0.05) is 25.8 Å². The second kappa shape index (κ2) is 8.27. The van der Waals surface area contributed by atoms with Crippen molar-refractivity contribution >= 4 is 11.9 Å². The Kier molecular flexibility index (Phi) is 6.09. The summed E-state index contributed by atoms with van der Waals surface area (Å²) in [7, 11) is 1.81. The molecule has 1 aromatic carbocycles. The topological polar surface area (TPSA) is 58.1 Å². The van der Waals surface area contributed by atoms with E-state index >= 15 is 0 Å². The summed E-state index contributed by atoms with van der Waals surface area (Å²) in [5, 5.41) is 3.19. The van der Waals surface area contributed by atoms with Gasteiger partial charge >= 0.3 is 0 Å². The first kappa shape index (κ1) is 16.9. The van der Waals surface area contributed by atoms with Gasteiger partial charge in [-0.1, -0.05) is 43.7 Å². The smallest absolute Gasteiger partial charge is 0.272 e. The van der Waals surface area contributed by atoms with Crippen LogP contribution in [0, 0.1) is 6.92 Å². The molecule has 23 heavy (non-hydrogen) atoms. The third-order valence-corrected chi connectivity index (χ3v) is 3.56. The molecule has 5 heteroatoms. The van der Waals surface area contributed by atoms with Crippen LogP contribution in [0.1, 0.15) is 41.5 Å². The summed E-state index contributed by atoms with van der Waals surface area (Å²) in [5.41, 5.74) is 2.36. The highest BCUT2D eigenvalue weighted by molar-refractivity contribution is 5.92. The molecule has 0 bridgehead atoms. The fourth-order valence-electron chi connectivity index (χ4n) is 2.23.